The van der Waals surface area contributed by atoms with Crippen molar-refractivity contribution >= 4 is 33.6 Å². The summed E-state index contributed by atoms with van der Waals surface area (Å²) in [6.45, 7) is -2.98. The van der Waals surface area contributed by atoms with Crippen molar-refractivity contribution < 1.29 is 66.7 Å². The molecule has 0 bridgehead atoms. The Morgan fingerprint density at radius 1 is 0.805 bits per heavy atom. The van der Waals surface area contributed by atoms with Gasteiger partial charge < -0.3 is 10.6 Å². The van der Waals surface area contributed by atoms with Crippen molar-refractivity contribution in [3.05, 3.63) is 74.8 Å². The average Bonchev–Trinajstić information content (AvgIpc) is 2.81. The second-order valence-corrected chi connectivity index (χ2v) is 8.96. The lowest BCUT2D eigenvalue weighted by molar-refractivity contribution is -0.140. The van der Waals surface area contributed by atoms with Gasteiger partial charge in [-0.3, -0.25) is 9.59 Å². The zero-order valence-corrected chi connectivity index (χ0v) is 21.2. The second kappa shape index (κ2) is 12.3. The van der Waals surface area contributed by atoms with E-state index in [0.717, 1.165) is 0 Å². The summed E-state index contributed by atoms with van der Waals surface area (Å²) in [5.41, 5.74) is -6.43. The summed E-state index contributed by atoms with van der Waals surface area (Å²) in [6.07, 6.45) is -20.6. The van der Waals surface area contributed by atoms with Crippen LogP contribution in [0.1, 0.15) is 38.5 Å². The Morgan fingerprint density at radius 2 is 1.39 bits per heavy atom. The van der Waals surface area contributed by atoms with E-state index in [1.54, 1.807) is 5.32 Å². The SMILES string of the molecule is O=C(CNC(=O)c1ccc(/C(F)=C/C(c2ccc(C(F)(F)F)c(Br)c2)C(F)(F)F)cc1C(F)(F)F)NCC(F)(F)F. The highest BCUT2D eigenvalue weighted by molar-refractivity contribution is 9.10. The molecule has 2 N–H and O–H groups in total. The summed E-state index contributed by atoms with van der Waals surface area (Å²) in [5.74, 6) is -7.83. The van der Waals surface area contributed by atoms with Gasteiger partial charge in [0.1, 0.15) is 18.3 Å². The standard InChI is InChI=1S/C23H14BrF13N2O2/c24-16-6-10(2-4-13(16)21(29,30)31)14(22(32,33)34)7-17(25)11-1-3-12(15(5-11)23(35,36)37)19(41)38-8-18(40)39-9-20(26,27)28/h1-7,14H,8-9H2,(H,38,41)(H,39,40)/b17-7-. The molecule has 0 radical (unpaired) electrons. The van der Waals surface area contributed by atoms with E-state index in [0.29, 0.717) is 30.3 Å². The van der Waals surface area contributed by atoms with E-state index >= 15 is 0 Å². The van der Waals surface area contributed by atoms with Crippen LogP contribution in [0.15, 0.2) is 46.9 Å². The van der Waals surface area contributed by atoms with Crippen molar-refractivity contribution in [2.75, 3.05) is 13.1 Å². The largest absolute Gasteiger partial charge is 0.417 e. The zero-order chi connectivity index (χ0) is 31.6. The van der Waals surface area contributed by atoms with Crippen molar-refractivity contribution in [2.45, 2.75) is 30.6 Å². The van der Waals surface area contributed by atoms with Crippen LogP contribution in [0.25, 0.3) is 5.83 Å². The first-order valence-corrected chi connectivity index (χ1v) is 11.4. The second-order valence-electron chi connectivity index (χ2n) is 8.10. The first-order valence-electron chi connectivity index (χ1n) is 10.6. The minimum absolute atomic E-state index is 0.0272. The Balaban J connectivity index is 2.42. The Hall–Kier alpha value is -3.31. The normalized spacial score (nSPS) is 14.0. The summed E-state index contributed by atoms with van der Waals surface area (Å²) in [7, 11) is 0. The number of halogens is 14. The average molecular weight is 677 g/mol. The van der Waals surface area contributed by atoms with Gasteiger partial charge >= 0.3 is 24.7 Å². The van der Waals surface area contributed by atoms with Crippen LogP contribution in [0.5, 0.6) is 0 Å². The Kier molecular flexibility index (Phi) is 10.2. The van der Waals surface area contributed by atoms with Crippen LogP contribution in [0, 0.1) is 0 Å². The van der Waals surface area contributed by atoms with Crippen LogP contribution >= 0.6 is 15.9 Å². The number of carbonyl (C=O) groups is 2. The highest BCUT2D eigenvalue weighted by Crippen LogP contribution is 2.42. The van der Waals surface area contributed by atoms with Crippen molar-refractivity contribution in [3.63, 3.8) is 0 Å². The molecule has 1 unspecified atom stereocenters. The number of nitrogens with one attached hydrogen (secondary N) is 2. The third-order valence-corrected chi connectivity index (χ3v) is 5.72. The van der Waals surface area contributed by atoms with Crippen molar-refractivity contribution in [2.24, 2.45) is 0 Å². The first-order chi connectivity index (χ1) is 18.5. The molecular weight excluding hydrogens is 663 g/mol. The molecule has 2 amide bonds. The number of alkyl halides is 12. The Labute approximate surface area is 229 Å². The minimum Gasteiger partial charge on any atom is -0.345 e. The minimum atomic E-state index is -5.40. The van der Waals surface area contributed by atoms with Crippen LogP contribution < -0.4 is 10.6 Å². The number of amides is 2. The summed E-state index contributed by atoms with van der Waals surface area (Å²) >= 11 is 2.48. The predicted molar refractivity (Wildman–Crippen MR) is 120 cm³/mol. The van der Waals surface area contributed by atoms with Gasteiger partial charge in [-0.1, -0.05) is 28.1 Å². The number of hydrogen-bond donors (Lipinski definition) is 2. The van der Waals surface area contributed by atoms with E-state index in [9.17, 15) is 66.7 Å². The van der Waals surface area contributed by atoms with Crippen LogP contribution in [0.4, 0.5) is 57.1 Å². The molecule has 0 spiro atoms. The molecule has 226 valence electrons. The maximum atomic E-state index is 14.9. The molecule has 0 aliphatic carbocycles. The fourth-order valence-corrected chi connectivity index (χ4v) is 3.84. The van der Waals surface area contributed by atoms with E-state index in [1.807, 2.05) is 0 Å². The summed E-state index contributed by atoms with van der Waals surface area (Å²) in [4.78, 5) is 23.6. The molecule has 0 aliphatic heterocycles. The maximum Gasteiger partial charge on any atom is 0.417 e. The number of rotatable bonds is 7. The quantitative estimate of drug-likeness (QED) is 0.298. The van der Waals surface area contributed by atoms with Crippen molar-refractivity contribution in [3.8, 4) is 0 Å². The molecule has 2 aromatic rings. The van der Waals surface area contributed by atoms with Gasteiger partial charge in [-0.05, 0) is 35.9 Å². The lowest BCUT2D eigenvalue weighted by Gasteiger charge is -2.20. The Bertz CT molecular complexity index is 1310. The molecule has 0 aromatic heterocycles. The van der Waals surface area contributed by atoms with Crippen molar-refractivity contribution in [1.82, 2.24) is 10.6 Å². The van der Waals surface area contributed by atoms with E-state index in [1.165, 1.54) is 5.32 Å². The summed E-state index contributed by atoms with van der Waals surface area (Å²) in [5, 5.41) is 2.98. The third kappa shape index (κ3) is 9.64. The van der Waals surface area contributed by atoms with Gasteiger partial charge in [0.25, 0.3) is 5.91 Å². The molecule has 2 rings (SSSR count). The molecule has 0 fully saturated rings. The number of benzene rings is 2. The monoisotopic (exact) mass is 676 g/mol. The number of allylic oxidation sites excluding steroid dienone is 1. The van der Waals surface area contributed by atoms with Gasteiger partial charge in [-0.15, -0.1) is 0 Å². The fraction of sp³-hybridized carbons (Fsp3) is 0.304. The van der Waals surface area contributed by atoms with Gasteiger partial charge in [0.15, 0.2) is 0 Å². The zero-order valence-electron chi connectivity index (χ0n) is 19.6. The molecule has 0 saturated heterocycles. The van der Waals surface area contributed by atoms with Gasteiger partial charge in [0.2, 0.25) is 5.91 Å². The molecule has 2 aromatic carbocycles. The molecule has 0 saturated carbocycles. The van der Waals surface area contributed by atoms with Gasteiger partial charge in [0.05, 0.1) is 23.2 Å². The van der Waals surface area contributed by atoms with E-state index in [-0.39, 0.29) is 12.1 Å². The highest BCUT2D eigenvalue weighted by atomic mass is 79.9. The fourth-order valence-electron chi connectivity index (χ4n) is 3.22. The lowest BCUT2D eigenvalue weighted by atomic mass is 9.94. The third-order valence-electron chi connectivity index (χ3n) is 5.06. The van der Waals surface area contributed by atoms with Gasteiger partial charge in [-0.25, -0.2) is 4.39 Å². The maximum absolute atomic E-state index is 14.9. The predicted octanol–water partition coefficient (Wildman–Crippen LogP) is 7.55. The molecule has 0 heterocycles. The topological polar surface area (TPSA) is 58.2 Å². The molecule has 4 nitrogen and oxygen atoms in total. The van der Waals surface area contributed by atoms with Gasteiger partial charge in [0, 0.05) is 10.0 Å². The molecular formula is C23H14BrF13N2O2. The van der Waals surface area contributed by atoms with E-state index < -0.39 is 93.6 Å². The lowest BCUT2D eigenvalue weighted by Crippen LogP contribution is -2.41. The van der Waals surface area contributed by atoms with Crippen LogP contribution in [-0.2, 0) is 17.1 Å². The molecule has 18 heteroatoms. The smallest absolute Gasteiger partial charge is 0.345 e. The van der Waals surface area contributed by atoms with Crippen molar-refractivity contribution in [1.29, 1.82) is 0 Å². The Morgan fingerprint density at radius 3 is 1.88 bits per heavy atom. The van der Waals surface area contributed by atoms with E-state index in [4.69, 9.17) is 0 Å². The summed E-state index contributed by atoms with van der Waals surface area (Å²) < 4.78 is 171. The molecule has 0 aliphatic rings. The highest BCUT2D eigenvalue weighted by Gasteiger charge is 2.42. The van der Waals surface area contributed by atoms with Crippen LogP contribution in [0.2, 0.25) is 0 Å². The number of hydrogen-bond acceptors (Lipinski definition) is 2. The van der Waals surface area contributed by atoms with E-state index in [2.05, 4.69) is 15.9 Å². The van der Waals surface area contributed by atoms with Gasteiger partial charge in [-0.2, -0.15) is 52.7 Å². The van der Waals surface area contributed by atoms with Crippen LogP contribution in [-0.4, -0.2) is 37.3 Å². The number of carbonyl (C=O) groups excluding carboxylic acids is 2. The molecule has 1 atom stereocenters. The van der Waals surface area contributed by atoms with Crippen LogP contribution in [0.3, 0.4) is 0 Å². The summed E-state index contributed by atoms with van der Waals surface area (Å²) in [6, 6.07) is 1.93. The first kappa shape index (κ1) is 33.9. The molecule has 41 heavy (non-hydrogen) atoms.